The number of benzene rings is 1. The van der Waals surface area contributed by atoms with E-state index in [0.29, 0.717) is 17.9 Å². The summed E-state index contributed by atoms with van der Waals surface area (Å²) >= 11 is 6.01. The highest BCUT2D eigenvalue weighted by atomic mass is 35.5. The maximum absolute atomic E-state index is 12.1. The third kappa shape index (κ3) is 5.74. The van der Waals surface area contributed by atoms with E-state index in [9.17, 15) is 4.79 Å². The normalized spacial score (nSPS) is 23.6. The number of carbonyl (C=O) groups excluding carboxylic acids is 1. The highest BCUT2D eigenvalue weighted by molar-refractivity contribution is 6.30. The number of carbonyl (C=O) groups is 1. The van der Waals surface area contributed by atoms with Crippen LogP contribution in [0, 0.1) is 5.92 Å². The van der Waals surface area contributed by atoms with Gasteiger partial charge in [-0.05, 0) is 86.9 Å². The first-order valence-corrected chi connectivity index (χ1v) is 11.0. The zero-order valence-electron chi connectivity index (χ0n) is 16.7. The zero-order valence-corrected chi connectivity index (χ0v) is 17.5. The molecule has 2 heterocycles. The van der Waals surface area contributed by atoms with Gasteiger partial charge >= 0.3 is 0 Å². The third-order valence-corrected chi connectivity index (χ3v) is 6.56. The van der Waals surface area contributed by atoms with E-state index in [4.69, 9.17) is 16.0 Å². The van der Waals surface area contributed by atoms with Crippen LogP contribution < -0.4 is 5.32 Å². The number of hydrogen-bond donors (Lipinski definition) is 1. The molecule has 2 atom stereocenters. The van der Waals surface area contributed by atoms with Crippen molar-refractivity contribution in [1.29, 1.82) is 0 Å². The van der Waals surface area contributed by atoms with Crippen LogP contribution in [0.5, 0.6) is 0 Å². The Hall–Kier alpha value is -2.04. The van der Waals surface area contributed by atoms with Gasteiger partial charge in [0, 0.05) is 29.2 Å². The number of nitrogens with zero attached hydrogens (tertiary/aromatic N) is 1. The SMILES string of the molecule is O=C(C=Cc1ccoc1)N[C@@H]1CC[C@H](CN2CCC(c3ccc(Cl)cc3)CC2)C1. The van der Waals surface area contributed by atoms with E-state index in [2.05, 4.69) is 22.3 Å². The van der Waals surface area contributed by atoms with E-state index < -0.39 is 0 Å². The Morgan fingerprint density at radius 3 is 2.66 bits per heavy atom. The maximum Gasteiger partial charge on any atom is 0.244 e. The van der Waals surface area contributed by atoms with Crippen molar-refractivity contribution < 1.29 is 9.21 Å². The van der Waals surface area contributed by atoms with E-state index in [1.807, 2.05) is 18.2 Å². The second-order valence-corrected chi connectivity index (χ2v) is 8.84. The lowest BCUT2D eigenvalue weighted by atomic mass is 9.89. The van der Waals surface area contributed by atoms with Gasteiger partial charge in [-0.2, -0.15) is 0 Å². The lowest BCUT2D eigenvalue weighted by Gasteiger charge is -2.33. The molecule has 0 radical (unpaired) electrons. The largest absolute Gasteiger partial charge is 0.472 e. The minimum absolute atomic E-state index is 0.0133. The molecule has 0 spiro atoms. The van der Waals surface area contributed by atoms with Gasteiger partial charge in [0.15, 0.2) is 0 Å². The smallest absolute Gasteiger partial charge is 0.244 e. The summed E-state index contributed by atoms with van der Waals surface area (Å²) in [7, 11) is 0. The average Bonchev–Trinajstić information content (AvgIpc) is 3.40. The maximum atomic E-state index is 12.1. The first-order valence-electron chi connectivity index (χ1n) is 10.6. The van der Waals surface area contributed by atoms with Crippen molar-refractivity contribution in [2.24, 2.45) is 5.92 Å². The Labute approximate surface area is 177 Å². The van der Waals surface area contributed by atoms with Crippen molar-refractivity contribution in [3.8, 4) is 0 Å². The molecule has 1 saturated heterocycles. The molecule has 2 aromatic rings. The quantitative estimate of drug-likeness (QED) is 0.670. The molecule has 1 aromatic heterocycles. The summed E-state index contributed by atoms with van der Waals surface area (Å²) < 4.78 is 5.01. The summed E-state index contributed by atoms with van der Waals surface area (Å²) in [5.74, 6) is 1.33. The van der Waals surface area contributed by atoms with E-state index in [-0.39, 0.29) is 5.91 Å². The van der Waals surface area contributed by atoms with Gasteiger partial charge in [-0.1, -0.05) is 23.7 Å². The molecule has 4 nitrogen and oxygen atoms in total. The van der Waals surface area contributed by atoms with Crippen molar-refractivity contribution in [3.63, 3.8) is 0 Å². The van der Waals surface area contributed by atoms with Crippen molar-refractivity contribution in [1.82, 2.24) is 10.2 Å². The number of furan rings is 1. The van der Waals surface area contributed by atoms with Gasteiger partial charge in [0.1, 0.15) is 0 Å². The van der Waals surface area contributed by atoms with Gasteiger partial charge in [-0.25, -0.2) is 0 Å². The van der Waals surface area contributed by atoms with Gasteiger partial charge in [0.05, 0.1) is 12.5 Å². The topological polar surface area (TPSA) is 45.5 Å². The van der Waals surface area contributed by atoms with Crippen LogP contribution in [0.2, 0.25) is 5.02 Å². The van der Waals surface area contributed by atoms with Crippen LogP contribution in [0.4, 0.5) is 0 Å². The van der Waals surface area contributed by atoms with Gasteiger partial charge < -0.3 is 14.6 Å². The second-order valence-electron chi connectivity index (χ2n) is 8.40. The molecule has 1 aliphatic carbocycles. The first-order chi connectivity index (χ1) is 14.2. The summed E-state index contributed by atoms with van der Waals surface area (Å²) in [6, 6.07) is 10.5. The Bertz CT molecular complexity index is 808. The highest BCUT2D eigenvalue weighted by Gasteiger charge is 2.28. The number of hydrogen-bond acceptors (Lipinski definition) is 3. The molecule has 0 unspecified atom stereocenters. The third-order valence-electron chi connectivity index (χ3n) is 6.30. The van der Waals surface area contributed by atoms with Crippen LogP contribution in [0.15, 0.2) is 53.4 Å². The molecule has 5 heteroatoms. The van der Waals surface area contributed by atoms with Gasteiger partial charge in [0.25, 0.3) is 0 Å². The fourth-order valence-electron chi connectivity index (χ4n) is 4.71. The molecular weight excluding hydrogens is 384 g/mol. The predicted molar refractivity (Wildman–Crippen MR) is 117 cm³/mol. The summed E-state index contributed by atoms with van der Waals surface area (Å²) in [5.41, 5.74) is 2.33. The lowest BCUT2D eigenvalue weighted by molar-refractivity contribution is -0.117. The van der Waals surface area contributed by atoms with E-state index >= 15 is 0 Å². The molecule has 2 aliphatic rings. The van der Waals surface area contributed by atoms with E-state index in [0.717, 1.165) is 43.1 Å². The average molecular weight is 413 g/mol. The highest BCUT2D eigenvalue weighted by Crippen LogP contribution is 2.31. The Morgan fingerprint density at radius 1 is 1.14 bits per heavy atom. The fraction of sp³-hybridized carbons (Fsp3) is 0.458. The zero-order chi connectivity index (χ0) is 20.1. The second kappa shape index (κ2) is 9.64. The summed E-state index contributed by atoms with van der Waals surface area (Å²) in [6.07, 6.45) is 12.4. The number of halogens is 1. The van der Waals surface area contributed by atoms with Gasteiger partial charge in [-0.3, -0.25) is 4.79 Å². The van der Waals surface area contributed by atoms with Crippen molar-refractivity contribution in [2.75, 3.05) is 19.6 Å². The summed E-state index contributed by atoms with van der Waals surface area (Å²) in [5, 5.41) is 3.97. The van der Waals surface area contributed by atoms with E-state index in [1.165, 1.54) is 24.8 Å². The van der Waals surface area contributed by atoms with Crippen molar-refractivity contribution in [2.45, 2.75) is 44.1 Å². The standard InChI is InChI=1S/C24H29ClN2O2/c25-22-5-3-20(4-6-22)21-9-12-27(13-10-21)16-19-1-7-23(15-19)26-24(28)8-2-18-11-14-29-17-18/h2-6,8,11,14,17,19,21,23H,1,7,9-10,12-13,15-16H2,(H,26,28)/t19-,23+/m0/s1. The predicted octanol–water partition coefficient (Wildman–Crippen LogP) is 5.11. The molecule has 2 fully saturated rings. The summed E-state index contributed by atoms with van der Waals surface area (Å²) in [6.45, 7) is 3.48. The van der Waals surface area contributed by atoms with Crippen LogP contribution >= 0.6 is 11.6 Å². The molecule has 4 rings (SSSR count). The Balaban J connectivity index is 1.18. The fourth-order valence-corrected chi connectivity index (χ4v) is 4.84. The molecule has 1 amide bonds. The van der Waals surface area contributed by atoms with Crippen LogP contribution in [-0.4, -0.2) is 36.5 Å². The number of piperidine rings is 1. The van der Waals surface area contributed by atoms with Crippen LogP contribution in [0.25, 0.3) is 6.08 Å². The van der Waals surface area contributed by atoms with Crippen molar-refractivity contribution in [3.05, 3.63) is 65.1 Å². The molecule has 154 valence electrons. The monoisotopic (exact) mass is 412 g/mol. The molecule has 29 heavy (non-hydrogen) atoms. The molecule has 0 bridgehead atoms. The number of nitrogens with one attached hydrogen (secondary N) is 1. The summed E-state index contributed by atoms with van der Waals surface area (Å²) in [4.78, 5) is 14.7. The minimum Gasteiger partial charge on any atom is -0.472 e. The molecule has 1 saturated carbocycles. The molecule has 1 N–H and O–H groups in total. The minimum atomic E-state index is -0.0133. The van der Waals surface area contributed by atoms with E-state index in [1.54, 1.807) is 24.7 Å². The number of likely N-dealkylation sites (tertiary alicyclic amines) is 1. The number of amides is 1. The number of rotatable bonds is 6. The molecule has 1 aliphatic heterocycles. The van der Waals surface area contributed by atoms with Gasteiger partial charge in [-0.15, -0.1) is 0 Å². The van der Waals surface area contributed by atoms with Crippen molar-refractivity contribution >= 4 is 23.6 Å². The van der Waals surface area contributed by atoms with Crippen LogP contribution in [-0.2, 0) is 4.79 Å². The lowest BCUT2D eigenvalue weighted by Crippen LogP contribution is -2.37. The Morgan fingerprint density at radius 2 is 1.93 bits per heavy atom. The first kappa shape index (κ1) is 20.2. The van der Waals surface area contributed by atoms with Gasteiger partial charge in [0.2, 0.25) is 5.91 Å². The van der Waals surface area contributed by atoms with Crippen LogP contribution in [0.3, 0.4) is 0 Å². The van der Waals surface area contributed by atoms with Crippen LogP contribution in [0.1, 0.15) is 49.1 Å². The molecular formula is C24H29ClN2O2. The molecule has 1 aromatic carbocycles. The Kier molecular flexibility index (Phi) is 6.73.